The van der Waals surface area contributed by atoms with Gasteiger partial charge in [-0.05, 0) is 25.8 Å². The van der Waals surface area contributed by atoms with E-state index >= 15 is 0 Å². The van der Waals surface area contributed by atoms with Crippen LogP contribution in [-0.4, -0.2) is 36.3 Å². The smallest absolute Gasteiger partial charge is 0.264 e. The largest absolute Gasteiger partial charge is 0.361 e. The highest BCUT2D eigenvalue weighted by Gasteiger charge is 2.45. The minimum absolute atomic E-state index is 0.381. The fourth-order valence-electron chi connectivity index (χ4n) is 4.28. The average Bonchev–Trinajstić information content (AvgIpc) is 3.41. The maximum atomic E-state index is 13.6. The van der Waals surface area contributed by atoms with Crippen LogP contribution >= 0.6 is 0 Å². The second kappa shape index (κ2) is 7.43. The number of alkyl halides is 4. The monoisotopic (exact) mass is 463 g/mol. The lowest BCUT2D eigenvalue weighted by Crippen LogP contribution is -2.37. The maximum Gasteiger partial charge on any atom is 0.264 e. The van der Waals surface area contributed by atoms with Gasteiger partial charge in [0, 0.05) is 67.1 Å². The molecule has 4 heterocycles. The van der Waals surface area contributed by atoms with E-state index in [2.05, 4.69) is 15.2 Å². The summed E-state index contributed by atoms with van der Waals surface area (Å²) in [5.41, 5.74) is 3.68. The van der Waals surface area contributed by atoms with Gasteiger partial charge in [0.2, 0.25) is 5.92 Å². The van der Waals surface area contributed by atoms with Crippen LogP contribution in [0.5, 0.6) is 0 Å². The molecule has 0 saturated heterocycles. The molecule has 0 aliphatic heterocycles. The van der Waals surface area contributed by atoms with Gasteiger partial charge in [0.05, 0.1) is 25.7 Å². The van der Waals surface area contributed by atoms with E-state index in [0.29, 0.717) is 44.7 Å². The van der Waals surface area contributed by atoms with Gasteiger partial charge in [-0.3, -0.25) is 9.67 Å². The first-order valence-corrected chi connectivity index (χ1v) is 10.5. The summed E-state index contributed by atoms with van der Waals surface area (Å²) >= 11 is 0. The molecule has 4 aromatic rings. The standard InChI is InChI=1S/C23H23F4N5O/c1-13-20(14(2)33-30-13)16-4-19-21(28-7-16)18(11-31(19)9-15-5-23(26,27)6-15)17-8-29-32(10-17)12-22(3,24)25/h4,7-8,10-11,15H,5-6,9,12H2,1-3H3/i9D2. The van der Waals surface area contributed by atoms with Gasteiger partial charge < -0.3 is 9.09 Å². The predicted octanol–water partition coefficient (Wildman–Crippen LogP) is 5.87. The van der Waals surface area contributed by atoms with E-state index in [0.717, 1.165) is 11.6 Å². The van der Waals surface area contributed by atoms with Crippen molar-refractivity contribution in [2.75, 3.05) is 0 Å². The van der Waals surface area contributed by atoms with Crippen molar-refractivity contribution in [3.8, 4) is 22.3 Å². The van der Waals surface area contributed by atoms with Gasteiger partial charge >= 0.3 is 0 Å². The molecule has 6 nitrogen and oxygen atoms in total. The summed E-state index contributed by atoms with van der Waals surface area (Å²) in [4.78, 5) is 4.56. The highest BCUT2D eigenvalue weighted by atomic mass is 19.3. The Balaban J connectivity index is 1.66. The molecule has 174 valence electrons. The predicted molar refractivity (Wildman–Crippen MR) is 114 cm³/mol. The molecule has 1 aliphatic rings. The first kappa shape index (κ1) is 19.3. The molecule has 0 atom stereocenters. The van der Waals surface area contributed by atoms with Crippen LogP contribution < -0.4 is 0 Å². The minimum atomic E-state index is -2.97. The van der Waals surface area contributed by atoms with Gasteiger partial charge in [-0.25, -0.2) is 17.6 Å². The molecule has 0 radical (unpaired) electrons. The van der Waals surface area contributed by atoms with Crippen LogP contribution in [0.2, 0.25) is 0 Å². The molecule has 1 aliphatic carbocycles. The molecule has 0 unspecified atom stereocenters. The van der Waals surface area contributed by atoms with E-state index in [1.807, 2.05) is 0 Å². The van der Waals surface area contributed by atoms with Crippen LogP contribution in [-0.2, 0) is 13.0 Å². The average molecular weight is 463 g/mol. The van der Waals surface area contributed by atoms with E-state index in [4.69, 9.17) is 7.26 Å². The summed E-state index contributed by atoms with van der Waals surface area (Å²) < 4.78 is 79.3. The zero-order valence-corrected chi connectivity index (χ0v) is 18.2. The second-order valence-corrected chi connectivity index (χ2v) is 8.79. The first-order chi connectivity index (χ1) is 16.2. The molecular formula is C23H23F4N5O. The Morgan fingerprint density at radius 2 is 1.97 bits per heavy atom. The fraction of sp³-hybridized carbons (Fsp3) is 0.435. The van der Waals surface area contributed by atoms with Crippen molar-refractivity contribution in [1.29, 1.82) is 0 Å². The van der Waals surface area contributed by atoms with E-state index < -0.39 is 43.6 Å². The van der Waals surface area contributed by atoms with Crippen LogP contribution in [0.1, 0.15) is 34.0 Å². The Morgan fingerprint density at radius 1 is 1.21 bits per heavy atom. The minimum Gasteiger partial charge on any atom is -0.361 e. The molecular weight excluding hydrogens is 438 g/mol. The summed E-state index contributed by atoms with van der Waals surface area (Å²) in [6, 6.07) is 1.72. The van der Waals surface area contributed by atoms with Crippen molar-refractivity contribution in [3.63, 3.8) is 0 Å². The van der Waals surface area contributed by atoms with Crippen molar-refractivity contribution in [1.82, 2.24) is 24.5 Å². The Morgan fingerprint density at radius 3 is 2.61 bits per heavy atom. The third-order valence-electron chi connectivity index (χ3n) is 5.76. The van der Waals surface area contributed by atoms with Crippen molar-refractivity contribution in [2.24, 2.45) is 5.92 Å². The Hall–Kier alpha value is -3.17. The van der Waals surface area contributed by atoms with Gasteiger partial charge in [-0.2, -0.15) is 5.10 Å². The maximum absolute atomic E-state index is 13.6. The summed E-state index contributed by atoms with van der Waals surface area (Å²) in [6.07, 6.45) is 4.82. The zero-order valence-electron chi connectivity index (χ0n) is 20.2. The van der Waals surface area contributed by atoms with E-state index in [9.17, 15) is 17.6 Å². The Kier molecular flexibility index (Phi) is 4.35. The summed E-state index contributed by atoms with van der Waals surface area (Å²) in [6.45, 7) is 1.56. The number of aromatic nitrogens is 5. The van der Waals surface area contributed by atoms with Crippen LogP contribution in [0.3, 0.4) is 0 Å². The Labute approximate surface area is 190 Å². The number of halogens is 4. The highest BCUT2D eigenvalue weighted by molar-refractivity contribution is 5.94. The lowest BCUT2D eigenvalue weighted by atomic mass is 9.81. The van der Waals surface area contributed by atoms with Gasteiger partial charge in [0.15, 0.2) is 0 Å². The van der Waals surface area contributed by atoms with Crippen molar-refractivity contribution in [3.05, 3.63) is 42.3 Å². The number of pyridine rings is 1. The molecule has 1 fully saturated rings. The topological polar surface area (TPSA) is 61.7 Å². The Bertz CT molecular complexity index is 1390. The van der Waals surface area contributed by atoms with Crippen molar-refractivity contribution < 1.29 is 24.8 Å². The van der Waals surface area contributed by atoms with Crippen LogP contribution in [0.25, 0.3) is 33.3 Å². The third-order valence-corrected chi connectivity index (χ3v) is 5.76. The number of nitrogens with zero attached hydrogens (tertiary/aromatic N) is 5. The third kappa shape index (κ3) is 4.14. The normalized spacial score (nSPS) is 17.8. The summed E-state index contributed by atoms with van der Waals surface area (Å²) in [5.74, 6) is -6.20. The SMILES string of the molecule is [2H]C([2H])(C1CC(F)(F)C1)n1cc(-c2cnn(CC(C)(F)F)c2)c2ncc(-c3c(C)noc3C)cc21. The fourth-order valence-corrected chi connectivity index (χ4v) is 4.28. The molecule has 10 heteroatoms. The molecule has 33 heavy (non-hydrogen) atoms. The number of hydrogen-bond acceptors (Lipinski definition) is 4. The highest BCUT2D eigenvalue weighted by Crippen LogP contribution is 2.44. The molecule has 0 spiro atoms. The quantitative estimate of drug-likeness (QED) is 0.336. The van der Waals surface area contributed by atoms with Crippen LogP contribution in [0.4, 0.5) is 17.6 Å². The van der Waals surface area contributed by atoms with Gasteiger partial charge in [0.25, 0.3) is 5.92 Å². The van der Waals surface area contributed by atoms with E-state index in [1.165, 1.54) is 23.2 Å². The van der Waals surface area contributed by atoms with E-state index in [-0.39, 0.29) is 0 Å². The van der Waals surface area contributed by atoms with Crippen LogP contribution in [0.15, 0.2) is 35.4 Å². The van der Waals surface area contributed by atoms with Crippen molar-refractivity contribution in [2.45, 2.75) is 58.5 Å². The lowest BCUT2D eigenvalue weighted by molar-refractivity contribution is -0.113. The number of hydrogen-bond donors (Lipinski definition) is 0. The molecule has 0 N–H and O–H groups in total. The molecule has 0 bridgehead atoms. The number of aryl methyl sites for hydroxylation is 2. The zero-order chi connectivity index (χ0) is 25.3. The van der Waals surface area contributed by atoms with Gasteiger partial charge in [-0.15, -0.1) is 0 Å². The lowest BCUT2D eigenvalue weighted by Gasteiger charge is -2.35. The summed E-state index contributed by atoms with van der Waals surface area (Å²) in [7, 11) is 0. The first-order valence-electron chi connectivity index (χ1n) is 11.5. The van der Waals surface area contributed by atoms with Crippen LogP contribution in [0, 0.1) is 19.8 Å². The van der Waals surface area contributed by atoms with Gasteiger partial charge in [-0.1, -0.05) is 5.16 Å². The molecule has 5 rings (SSSR count). The second-order valence-electron chi connectivity index (χ2n) is 8.79. The molecule has 0 amide bonds. The van der Waals surface area contributed by atoms with Crippen molar-refractivity contribution >= 4 is 11.0 Å². The molecule has 0 aromatic carbocycles. The molecule has 4 aromatic heterocycles. The number of fused-ring (bicyclic) bond motifs is 1. The van der Waals surface area contributed by atoms with E-state index in [1.54, 1.807) is 26.1 Å². The van der Waals surface area contributed by atoms with Gasteiger partial charge in [0.1, 0.15) is 12.3 Å². The molecule has 1 saturated carbocycles. The summed E-state index contributed by atoms with van der Waals surface area (Å²) in [5, 5.41) is 7.96. The number of rotatable bonds is 6.